The Morgan fingerprint density at radius 2 is 2.07 bits per heavy atom. The average molecular weight is 398 g/mol. The van der Waals surface area contributed by atoms with Crippen LogP contribution in [0.25, 0.3) is 5.57 Å². The minimum absolute atomic E-state index is 0.108. The Morgan fingerprint density at radius 1 is 1.32 bits per heavy atom. The van der Waals surface area contributed by atoms with E-state index in [0.29, 0.717) is 29.8 Å². The van der Waals surface area contributed by atoms with Gasteiger partial charge in [-0.2, -0.15) is 18.3 Å². The molecule has 0 amide bonds. The van der Waals surface area contributed by atoms with Crippen LogP contribution >= 0.6 is 0 Å². The van der Waals surface area contributed by atoms with E-state index in [-0.39, 0.29) is 18.3 Å². The predicted molar refractivity (Wildman–Crippen MR) is 104 cm³/mol. The molecular formula is C20H29F3N4O. The number of nitrogens with one attached hydrogen (secondary N) is 2. The Labute approximate surface area is 164 Å². The van der Waals surface area contributed by atoms with E-state index in [9.17, 15) is 13.2 Å². The highest BCUT2D eigenvalue weighted by atomic mass is 19.4. The summed E-state index contributed by atoms with van der Waals surface area (Å²) in [5.74, 6) is 0.0309. The zero-order valence-electron chi connectivity index (χ0n) is 16.9. The maximum absolute atomic E-state index is 13.7. The molecule has 0 aliphatic heterocycles. The van der Waals surface area contributed by atoms with E-state index < -0.39 is 11.7 Å². The van der Waals surface area contributed by atoms with Crippen molar-refractivity contribution in [3.05, 3.63) is 47.0 Å². The summed E-state index contributed by atoms with van der Waals surface area (Å²) in [6.45, 7) is 6.21. The molecule has 0 bridgehead atoms. The highest BCUT2D eigenvalue weighted by molar-refractivity contribution is 5.77. The lowest BCUT2D eigenvalue weighted by molar-refractivity contribution is -0.0941. The largest absolute Gasteiger partial charge is 0.493 e. The molecule has 28 heavy (non-hydrogen) atoms. The highest BCUT2D eigenvalue weighted by Crippen LogP contribution is 2.37. The number of nitrogens with zero attached hydrogens (tertiary/aromatic N) is 2. The molecule has 0 spiro atoms. The number of likely N-dealkylation sites (N-methyl/N-ethyl adjacent to an activating group) is 2. The minimum Gasteiger partial charge on any atom is -0.493 e. The fourth-order valence-electron chi connectivity index (χ4n) is 2.82. The molecule has 1 heterocycles. The first-order valence-electron chi connectivity index (χ1n) is 9.41. The first-order chi connectivity index (χ1) is 13.2. The molecule has 5 nitrogen and oxygen atoms in total. The molecule has 0 atom stereocenters. The van der Waals surface area contributed by atoms with Crippen LogP contribution in [0, 0.1) is 5.92 Å². The summed E-state index contributed by atoms with van der Waals surface area (Å²) in [6.07, 6.45) is 1.95. The van der Waals surface area contributed by atoms with Gasteiger partial charge in [-0.3, -0.25) is 10.00 Å². The van der Waals surface area contributed by atoms with Crippen LogP contribution in [0.2, 0.25) is 0 Å². The number of H-pyrrole nitrogens is 1. The van der Waals surface area contributed by atoms with Gasteiger partial charge in [-0.25, -0.2) is 0 Å². The van der Waals surface area contributed by atoms with E-state index in [2.05, 4.69) is 20.4 Å². The van der Waals surface area contributed by atoms with Gasteiger partial charge in [-0.05, 0) is 44.2 Å². The average Bonchev–Trinajstić information content (AvgIpc) is 2.94. The first kappa shape index (κ1) is 22.2. The lowest BCUT2D eigenvalue weighted by Crippen LogP contribution is -2.27. The van der Waals surface area contributed by atoms with Gasteiger partial charge in [0.05, 0.1) is 17.9 Å². The SMILES string of the molecule is CNCCN(C)Cc1n[nH]cc1C1=CCC=C(OCC(C)C)C(C(F)(F)F)=C1. The van der Waals surface area contributed by atoms with Crippen molar-refractivity contribution in [1.29, 1.82) is 0 Å². The van der Waals surface area contributed by atoms with E-state index >= 15 is 0 Å². The van der Waals surface area contributed by atoms with E-state index in [1.807, 2.05) is 27.9 Å². The molecule has 0 unspecified atom stereocenters. The molecule has 0 radical (unpaired) electrons. The third-order valence-corrected chi connectivity index (χ3v) is 4.28. The maximum Gasteiger partial charge on any atom is 0.419 e. The topological polar surface area (TPSA) is 53.2 Å². The van der Waals surface area contributed by atoms with Crippen molar-refractivity contribution in [2.75, 3.05) is 33.8 Å². The quantitative estimate of drug-likeness (QED) is 0.663. The molecule has 0 saturated heterocycles. The van der Waals surface area contributed by atoms with Crippen LogP contribution in [-0.4, -0.2) is 55.1 Å². The number of rotatable bonds is 9. The van der Waals surface area contributed by atoms with Crippen LogP contribution in [-0.2, 0) is 11.3 Å². The third kappa shape index (κ3) is 6.24. The number of aromatic amines is 1. The number of alkyl halides is 3. The second-order valence-corrected chi connectivity index (χ2v) is 7.31. The zero-order chi connectivity index (χ0) is 20.7. The highest BCUT2D eigenvalue weighted by Gasteiger charge is 2.38. The van der Waals surface area contributed by atoms with Gasteiger partial charge >= 0.3 is 6.18 Å². The van der Waals surface area contributed by atoms with Gasteiger partial charge in [0.2, 0.25) is 0 Å². The van der Waals surface area contributed by atoms with Crippen molar-refractivity contribution in [3.63, 3.8) is 0 Å². The van der Waals surface area contributed by atoms with Crippen LogP contribution in [0.4, 0.5) is 13.2 Å². The first-order valence-corrected chi connectivity index (χ1v) is 9.41. The molecule has 1 aromatic heterocycles. The Bertz CT molecular complexity index is 732. The van der Waals surface area contributed by atoms with Crippen molar-refractivity contribution in [1.82, 2.24) is 20.4 Å². The second kappa shape index (κ2) is 9.93. The summed E-state index contributed by atoms with van der Waals surface area (Å²) in [6, 6.07) is 0. The molecule has 8 heteroatoms. The molecule has 1 aliphatic rings. The lowest BCUT2D eigenvalue weighted by Gasteiger charge is -2.18. The molecule has 0 aromatic carbocycles. The normalized spacial score (nSPS) is 15.4. The van der Waals surface area contributed by atoms with Gasteiger partial charge in [0, 0.05) is 31.4 Å². The summed E-state index contributed by atoms with van der Waals surface area (Å²) < 4.78 is 46.6. The summed E-state index contributed by atoms with van der Waals surface area (Å²) in [4.78, 5) is 2.07. The molecule has 2 N–H and O–H groups in total. The lowest BCUT2D eigenvalue weighted by atomic mass is 10.0. The number of ether oxygens (including phenoxy) is 1. The maximum atomic E-state index is 13.7. The van der Waals surface area contributed by atoms with Crippen LogP contribution in [0.15, 0.2) is 35.8 Å². The van der Waals surface area contributed by atoms with Crippen LogP contribution in [0.3, 0.4) is 0 Å². The number of hydrogen-bond donors (Lipinski definition) is 2. The van der Waals surface area contributed by atoms with E-state index in [4.69, 9.17) is 4.74 Å². The van der Waals surface area contributed by atoms with Crippen molar-refractivity contribution in [2.24, 2.45) is 5.92 Å². The van der Waals surface area contributed by atoms with Crippen molar-refractivity contribution >= 4 is 5.57 Å². The van der Waals surface area contributed by atoms with Crippen molar-refractivity contribution < 1.29 is 17.9 Å². The zero-order valence-corrected chi connectivity index (χ0v) is 16.9. The minimum atomic E-state index is -4.50. The van der Waals surface area contributed by atoms with E-state index in [1.165, 1.54) is 12.2 Å². The van der Waals surface area contributed by atoms with Crippen LogP contribution in [0.1, 0.15) is 31.5 Å². The fraction of sp³-hybridized carbons (Fsp3) is 0.550. The number of aromatic nitrogens is 2. The summed E-state index contributed by atoms with van der Waals surface area (Å²) >= 11 is 0. The van der Waals surface area contributed by atoms with Gasteiger partial charge in [0.15, 0.2) is 0 Å². The molecular weight excluding hydrogens is 369 g/mol. The van der Waals surface area contributed by atoms with Gasteiger partial charge in [-0.15, -0.1) is 0 Å². The Balaban J connectivity index is 2.28. The van der Waals surface area contributed by atoms with Gasteiger partial charge in [0.1, 0.15) is 5.76 Å². The molecule has 1 aliphatic carbocycles. The summed E-state index contributed by atoms with van der Waals surface area (Å²) in [5.41, 5.74) is 1.14. The monoisotopic (exact) mass is 398 g/mol. The van der Waals surface area contributed by atoms with Crippen molar-refractivity contribution in [3.8, 4) is 0 Å². The predicted octanol–water partition coefficient (Wildman–Crippen LogP) is 3.89. The molecule has 1 aromatic rings. The second-order valence-electron chi connectivity index (χ2n) is 7.31. The van der Waals surface area contributed by atoms with Crippen LogP contribution < -0.4 is 5.32 Å². The molecule has 0 saturated carbocycles. The summed E-state index contributed by atoms with van der Waals surface area (Å²) in [5, 5.41) is 10.1. The smallest absolute Gasteiger partial charge is 0.419 e. The number of hydrogen-bond acceptors (Lipinski definition) is 4. The van der Waals surface area contributed by atoms with Gasteiger partial charge < -0.3 is 10.1 Å². The summed E-state index contributed by atoms with van der Waals surface area (Å²) in [7, 11) is 3.83. The fourth-order valence-corrected chi connectivity index (χ4v) is 2.82. The van der Waals surface area contributed by atoms with Gasteiger partial charge in [-0.1, -0.05) is 19.9 Å². The van der Waals surface area contributed by atoms with E-state index in [0.717, 1.165) is 13.1 Å². The van der Waals surface area contributed by atoms with E-state index in [1.54, 1.807) is 12.3 Å². The van der Waals surface area contributed by atoms with Gasteiger partial charge in [0.25, 0.3) is 0 Å². The number of allylic oxidation sites excluding steroid dienone is 5. The number of halogens is 3. The molecule has 2 rings (SSSR count). The Hall–Kier alpha value is -2.06. The standard InChI is InChI=1S/C20H29F3N4O/c1-14(2)13-28-19-7-5-6-15(10-17(19)20(21,22)23)16-11-25-26-18(16)12-27(4)9-8-24-3/h6-7,10-11,14,24H,5,8-9,12-13H2,1-4H3,(H,25,26). The molecule has 0 fully saturated rings. The molecule has 156 valence electrons. The third-order valence-electron chi connectivity index (χ3n) is 4.28. The van der Waals surface area contributed by atoms with Crippen molar-refractivity contribution in [2.45, 2.75) is 33.0 Å². The Kier molecular flexibility index (Phi) is 7.88. The Morgan fingerprint density at radius 3 is 2.71 bits per heavy atom. The van der Waals surface area contributed by atoms with Crippen LogP contribution in [0.5, 0.6) is 0 Å².